The van der Waals surface area contributed by atoms with Crippen molar-refractivity contribution in [3.05, 3.63) is 82.9 Å². The maximum Gasteiger partial charge on any atom is 0.331 e. The second-order valence-corrected chi connectivity index (χ2v) is 26.2. The van der Waals surface area contributed by atoms with Gasteiger partial charge in [-0.25, -0.2) is 4.79 Å². The van der Waals surface area contributed by atoms with E-state index in [1.165, 1.54) is 18.4 Å². The number of aldehydes is 1. The fraction of sp³-hybridized carbons (Fsp3) is 0.710. The molecule has 0 aromatic heterocycles. The smallest absolute Gasteiger partial charge is 0.331 e. The Balaban J connectivity index is 0.971. The van der Waals surface area contributed by atoms with Crippen molar-refractivity contribution in [3.8, 4) is 11.8 Å². The van der Waals surface area contributed by atoms with E-state index in [1.54, 1.807) is 6.08 Å². The Kier molecular flexibility index (Phi) is 11.6. The zero-order valence-corrected chi connectivity index (χ0v) is 42.3. The van der Waals surface area contributed by atoms with E-state index in [2.05, 4.69) is 60.5 Å². The lowest BCUT2D eigenvalue weighted by Gasteiger charge is -2.75. The van der Waals surface area contributed by atoms with Gasteiger partial charge in [0.1, 0.15) is 23.6 Å². The highest BCUT2D eigenvalue weighted by atomic mass is 16.5. The van der Waals surface area contributed by atoms with E-state index in [1.807, 2.05) is 18.2 Å². The lowest BCUT2D eigenvalue weighted by atomic mass is 9.32. The number of rotatable bonds is 6. The van der Waals surface area contributed by atoms with Gasteiger partial charge in [0.15, 0.2) is 0 Å². The van der Waals surface area contributed by atoms with Gasteiger partial charge in [0.05, 0.1) is 30.0 Å². The summed E-state index contributed by atoms with van der Waals surface area (Å²) in [5, 5.41) is 85.0. The van der Waals surface area contributed by atoms with Crippen molar-refractivity contribution in [1.82, 2.24) is 5.32 Å². The predicted octanol–water partition coefficient (Wildman–Crippen LogP) is 7.54. The molecule has 4 bridgehead atoms. The first-order valence-corrected chi connectivity index (χ1v) is 28.7. The minimum absolute atomic E-state index is 0.0785. The summed E-state index contributed by atoms with van der Waals surface area (Å²) in [6.07, 6.45) is 13.3. The van der Waals surface area contributed by atoms with Crippen molar-refractivity contribution in [1.29, 1.82) is 0 Å². The zero-order valence-electron chi connectivity index (χ0n) is 42.3. The van der Waals surface area contributed by atoms with Crippen LogP contribution in [0.1, 0.15) is 152 Å². The number of fused-ring (bicyclic) bond motifs is 9. The molecule has 13 rings (SSSR count). The molecule has 1 aliphatic heterocycles. The first-order chi connectivity index (χ1) is 34.8. The second-order valence-electron chi connectivity index (χ2n) is 26.2. The van der Waals surface area contributed by atoms with Gasteiger partial charge in [-0.1, -0.05) is 93.0 Å². The molecule has 0 saturated heterocycles. The van der Waals surface area contributed by atoms with Crippen LogP contribution in [0.25, 0.3) is 0 Å². The Bertz CT molecular complexity index is 2550. The number of hydrogen-bond donors (Lipinski definition) is 7. The van der Waals surface area contributed by atoms with E-state index in [4.69, 9.17) is 4.74 Å². The number of esters is 1. The maximum absolute atomic E-state index is 15.3. The minimum atomic E-state index is -2.24. The molecule has 386 valence electrons. The summed E-state index contributed by atoms with van der Waals surface area (Å²) in [5.74, 6) is 4.71. The van der Waals surface area contributed by atoms with Gasteiger partial charge in [0, 0.05) is 58.6 Å². The van der Waals surface area contributed by atoms with Gasteiger partial charge >= 0.3 is 5.97 Å². The van der Waals surface area contributed by atoms with Crippen molar-refractivity contribution in [2.45, 2.75) is 182 Å². The highest BCUT2D eigenvalue weighted by molar-refractivity contribution is 5.86. The van der Waals surface area contributed by atoms with Crippen LogP contribution in [-0.2, 0) is 20.7 Å². The molecule has 0 amide bonds. The highest BCUT2D eigenvalue weighted by Crippen LogP contribution is 2.80. The molecule has 10 aliphatic carbocycles. The summed E-state index contributed by atoms with van der Waals surface area (Å²) in [5.41, 5.74) is -5.27. The Hall–Kier alpha value is -3.40. The van der Waals surface area contributed by atoms with Crippen molar-refractivity contribution >= 4 is 12.3 Å². The summed E-state index contributed by atoms with van der Waals surface area (Å²) in [7, 11) is 0. The largest absolute Gasteiger partial charge is 0.454 e. The summed E-state index contributed by atoms with van der Waals surface area (Å²) >= 11 is 0. The zero-order chi connectivity index (χ0) is 49.6. The average molecular weight is 982 g/mol. The molecule has 2 aromatic carbocycles. The fourth-order valence-corrected chi connectivity index (χ4v) is 21.6. The predicted molar refractivity (Wildman–Crippen MR) is 270 cm³/mol. The van der Waals surface area contributed by atoms with Crippen LogP contribution in [-0.4, -0.2) is 90.8 Å². The number of carbonyl (C=O) groups excluding carboxylic acids is 2. The molecule has 9 saturated carbocycles. The standard InChI is InChI=1S/C62H79NO9/c1-36(37-11-5-6-12-37)40-18-21-48-55(67)57(25-22-43-27-42(19-20-47(43)57)39-13-3-2-4-14-39)33-59(34-64)51-23-26-58-24-10-9-16-38-15-7-8-17-41(38)30-50(63-35-65)45-28-44(53(58)46-31-52(66)72-54(45)46)32-60(58,69)62(51,71)56(68)49(29-40)61(48,59)70/h2-4,7-8,13-15,17,31,34,36-37,40,42-45,47-51,53-56,63,65,67-71H,5-6,10-12,18-30,32-33,35H2,1H3/t36-,40-,42-,43+,44+,45-,47+,48+,49-,50-,51-,53-,54+,55-,56-,57-,58-,59+,60-,61-,62-/m1/s1. The summed E-state index contributed by atoms with van der Waals surface area (Å²) in [4.78, 5) is 29.0. The van der Waals surface area contributed by atoms with Crippen LogP contribution in [0.2, 0.25) is 0 Å². The molecular weight excluding hydrogens is 903 g/mol. The van der Waals surface area contributed by atoms with Crippen LogP contribution >= 0.6 is 0 Å². The van der Waals surface area contributed by atoms with E-state index in [-0.39, 0.29) is 67.5 Å². The topological polar surface area (TPSA) is 177 Å². The molecule has 11 aliphatic rings. The molecule has 21 atom stereocenters. The van der Waals surface area contributed by atoms with E-state index >= 15 is 4.79 Å². The Labute approximate surface area is 426 Å². The number of ether oxygens (including phenoxy) is 1. The lowest BCUT2D eigenvalue weighted by molar-refractivity contribution is -0.385. The van der Waals surface area contributed by atoms with Crippen LogP contribution in [0.4, 0.5) is 0 Å². The van der Waals surface area contributed by atoms with Crippen molar-refractivity contribution in [2.24, 2.45) is 81.3 Å². The van der Waals surface area contributed by atoms with E-state index in [0.717, 1.165) is 74.4 Å². The van der Waals surface area contributed by atoms with Gasteiger partial charge in [0.25, 0.3) is 0 Å². The normalized spacial score (nSPS) is 49.4. The molecule has 0 unspecified atom stereocenters. The van der Waals surface area contributed by atoms with Gasteiger partial charge in [-0.15, -0.1) is 0 Å². The SMILES string of the molecule is C[C@H](C1CCCC1)[C@@H]1CC[C@H]2[C@@H](O)[C@]3(CC[C@H]4C[C@H](c5ccccc5)CC[C@@H]43)C[C@]3(C=O)[C@H]4CC[C@@]56CCC#Cc7ccccc7C[C@@H](NCO)[C@H]7C[C@@H](C[C@]5(O)[C@]4(O)[C@H](O)[C@@H](C1)[C@]23O)[C@@H]6C1=CC(=O)O[C@H]17. The van der Waals surface area contributed by atoms with Crippen LogP contribution in [0.3, 0.4) is 0 Å². The van der Waals surface area contributed by atoms with Crippen LogP contribution in [0.5, 0.6) is 0 Å². The number of benzene rings is 2. The van der Waals surface area contributed by atoms with Crippen LogP contribution in [0, 0.1) is 93.2 Å². The number of hydrogen-bond acceptors (Lipinski definition) is 10. The lowest BCUT2D eigenvalue weighted by Crippen LogP contribution is -2.86. The Morgan fingerprint density at radius 2 is 1.58 bits per heavy atom. The third-order valence-electron chi connectivity index (χ3n) is 24.3. The van der Waals surface area contributed by atoms with Gasteiger partial charge in [-0.3, -0.25) is 5.32 Å². The van der Waals surface area contributed by atoms with Gasteiger partial charge < -0.3 is 40.2 Å². The average Bonchev–Trinajstić information content (AvgIpc) is 4.17. The quantitative estimate of drug-likeness (QED) is 0.0663. The summed E-state index contributed by atoms with van der Waals surface area (Å²) in [6.45, 7) is 2.05. The molecule has 2 spiro atoms. The fourth-order valence-electron chi connectivity index (χ4n) is 21.6. The molecule has 10 heteroatoms. The summed E-state index contributed by atoms with van der Waals surface area (Å²) < 4.78 is 6.30. The molecule has 0 radical (unpaired) electrons. The molecule has 10 nitrogen and oxygen atoms in total. The van der Waals surface area contributed by atoms with E-state index in [9.17, 15) is 35.4 Å². The van der Waals surface area contributed by atoms with Crippen LogP contribution < -0.4 is 5.32 Å². The first kappa shape index (κ1) is 48.3. The van der Waals surface area contributed by atoms with Crippen LogP contribution in [0.15, 0.2) is 66.2 Å². The molecule has 7 N–H and O–H groups in total. The number of aliphatic hydroxyl groups excluding tert-OH is 3. The Morgan fingerprint density at radius 3 is 2.38 bits per heavy atom. The van der Waals surface area contributed by atoms with E-state index < -0.39 is 75.1 Å². The van der Waals surface area contributed by atoms with Crippen molar-refractivity contribution in [3.63, 3.8) is 0 Å². The Morgan fingerprint density at radius 1 is 0.806 bits per heavy atom. The third kappa shape index (κ3) is 6.34. The first-order valence-electron chi connectivity index (χ1n) is 28.7. The molecular formula is C62H79NO9. The monoisotopic (exact) mass is 982 g/mol. The third-order valence-corrected chi connectivity index (χ3v) is 24.3. The van der Waals surface area contributed by atoms with Gasteiger partial charge in [-0.05, 0) is 166 Å². The minimum Gasteiger partial charge on any atom is -0.454 e. The number of aliphatic hydroxyl groups is 6. The molecule has 2 aromatic rings. The number of carbonyl (C=O) groups is 2. The molecule has 72 heavy (non-hydrogen) atoms. The van der Waals surface area contributed by atoms with Crippen molar-refractivity contribution in [2.75, 3.05) is 6.73 Å². The second kappa shape index (κ2) is 17.3. The maximum atomic E-state index is 15.3. The van der Waals surface area contributed by atoms with E-state index in [0.29, 0.717) is 62.7 Å². The van der Waals surface area contributed by atoms with Gasteiger partial charge in [0.2, 0.25) is 0 Å². The molecule has 9 fully saturated rings. The van der Waals surface area contributed by atoms with Gasteiger partial charge in [-0.2, -0.15) is 0 Å². The van der Waals surface area contributed by atoms with Crippen molar-refractivity contribution < 1.29 is 45.0 Å². The highest BCUT2D eigenvalue weighted by Gasteiger charge is 2.87. The molecule has 1 heterocycles. The number of nitrogens with one attached hydrogen (secondary N) is 1. The summed E-state index contributed by atoms with van der Waals surface area (Å²) in [6, 6.07) is 18.5.